The molecule has 1 atom stereocenters. The van der Waals surface area contributed by atoms with E-state index < -0.39 is 6.10 Å². The minimum absolute atomic E-state index is 0.0720. The lowest BCUT2D eigenvalue weighted by Crippen LogP contribution is -2.30. The summed E-state index contributed by atoms with van der Waals surface area (Å²) in [7, 11) is 0. The van der Waals surface area contributed by atoms with Crippen LogP contribution in [0, 0.1) is 0 Å². The van der Waals surface area contributed by atoms with Gasteiger partial charge in [-0.1, -0.05) is 333 Å². The van der Waals surface area contributed by atoms with E-state index in [-0.39, 0.29) is 31.1 Å². The molecule has 1 unspecified atom stereocenters. The molecular weight excluding hydrogens is 1010 g/mol. The quantitative estimate of drug-likeness (QED) is 0.0261. The van der Waals surface area contributed by atoms with Crippen molar-refractivity contribution in [3.63, 3.8) is 0 Å². The van der Waals surface area contributed by atoms with Crippen LogP contribution >= 0.6 is 0 Å². The lowest BCUT2D eigenvalue weighted by atomic mass is 10.0. The van der Waals surface area contributed by atoms with E-state index in [1.165, 1.54) is 283 Å². The predicted molar refractivity (Wildman–Crippen MR) is 358 cm³/mol. The van der Waals surface area contributed by atoms with Gasteiger partial charge in [0.05, 0.1) is 0 Å². The minimum atomic E-state index is -0.776. The summed E-state index contributed by atoms with van der Waals surface area (Å²) in [6.07, 6.45) is 90.3. The molecule has 0 spiro atoms. The molecule has 0 heterocycles. The average Bonchev–Trinajstić information content (AvgIpc) is 3.47. The molecule has 0 aromatic carbocycles. The van der Waals surface area contributed by atoms with Crippen LogP contribution in [-0.4, -0.2) is 37.2 Å². The Bertz CT molecular complexity index is 1410. The maximum atomic E-state index is 12.9. The van der Waals surface area contributed by atoms with Gasteiger partial charge in [-0.25, -0.2) is 0 Å². The molecule has 0 aliphatic carbocycles. The number of hydrogen-bond donors (Lipinski definition) is 0. The van der Waals surface area contributed by atoms with Crippen LogP contribution in [-0.2, 0) is 28.6 Å². The summed E-state index contributed by atoms with van der Waals surface area (Å²) >= 11 is 0. The van der Waals surface area contributed by atoms with Crippen LogP contribution < -0.4 is 0 Å². The molecule has 0 saturated carbocycles. The maximum Gasteiger partial charge on any atom is 0.306 e. The van der Waals surface area contributed by atoms with Gasteiger partial charge in [0.25, 0.3) is 0 Å². The third-order valence-electron chi connectivity index (χ3n) is 16.5. The Labute approximate surface area is 511 Å². The van der Waals surface area contributed by atoms with Gasteiger partial charge >= 0.3 is 17.9 Å². The van der Waals surface area contributed by atoms with Crippen molar-refractivity contribution in [2.24, 2.45) is 0 Å². The highest BCUT2D eigenvalue weighted by molar-refractivity contribution is 5.71. The molecule has 0 rings (SSSR count). The van der Waals surface area contributed by atoms with Crippen LogP contribution in [0.4, 0.5) is 0 Å². The topological polar surface area (TPSA) is 78.9 Å². The predicted octanol–water partition coefficient (Wildman–Crippen LogP) is 25.3. The first-order valence-corrected chi connectivity index (χ1v) is 36.6. The molecule has 0 aromatic rings. The Kier molecular flexibility index (Phi) is 68.6. The van der Waals surface area contributed by atoms with Gasteiger partial charge in [-0.3, -0.25) is 14.4 Å². The van der Waals surface area contributed by atoms with Crippen LogP contribution in [0.1, 0.15) is 400 Å². The zero-order chi connectivity index (χ0) is 59.2. The van der Waals surface area contributed by atoms with Crippen molar-refractivity contribution in [1.29, 1.82) is 0 Å². The van der Waals surface area contributed by atoms with Crippen LogP contribution in [0.2, 0.25) is 0 Å². The highest BCUT2D eigenvalue weighted by Crippen LogP contribution is 2.18. The molecule has 0 aromatic heterocycles. The monoisotopic (exact) mass is 1150 g/mol. The molecule has 0 aliphatic rings. The number of unbranched alkanes of at least 4 members (excludes halogenated alkanes) is 49. The van der Waals surface area contributed by atoms with E-state index in [4.69, 9.17) is 14.2 Å². The van der Waals surface area contributed by atoms with Gasteiger partial charge in [0.2, 0.25) is 0 Å². The molecule has 480 valence electrons. The van der Waals surface area contributed by atoms with Crippen molar-refractivity contribution in [1.82, 2.24) is 0 Å². The number of ether oxygens (including phenoxy) is 3. The summed E-state index contributed by atoms with van der Waals surface area (Å²) in [5.74, 6) is -0.861. The third-order valence-corrected chi connectivity index (χ3v) is 16.5. The van der Waals surface area contributed by atoms with Crippen LogP contribution in [0.15, 0.2) is 48.6 Å². The number of allylic oxidation sites excluding steroid dienone is 8. The Morgan fingerprint density at radius 1 is 0.244 bits per heavy atom. The van der Waals surface area contributed by atoms with Crippen LogP contribution in [0.3, 0.4) is 0 Å². The first-order valence-electron chi connectivity index (χ1n) is 36.6. The Morgan fingerprint density at radius 3 is 0.732 bits per heavy atom. The summed E-state index contributed by atoms with van der Waals surface area (Å²) in [5, 5.41) is 0. The van der Waals surface area contributed by atoms with Gasteiger partial charge in [0, 0.05) is 19.3 Å². The second-order valence-corrected chi connectivity index (χ2v) is 24.8. The Balaban J connectivity index is 4.07. The summed E-state index contributed by atoms with van der Waals surface area (Å²) in [6, 6.07) is 0. The van der Waals surface area contributed by atoms with Crippen LogP contribution in [0.25, 0.3) is 0 Å². The van der Waals surface area contributed by atoms with Crippen molar-refractivity contribution < 1.29 is 28.6 Å². The summed E-state index contributed by atoms with van der Waals surface area (Å²) < 4.78 is 16.9. The van der Waals surface area contributed by atoms with E-state index in [1.807, 2.05) is 0 Å². The molecule has 0 radical (unpaired) electrons. The van der Waals surface area contributed by atoms with E-state index in [0.29, 0.717) is 19.3 Å². The Morgan fingerprint density at radius 2 is 0.463 bits per heavy atom. The molecular formula is C76H140O6. The summed E-state index contributed by atoms with van der Waals surface area (Å²) in [5.41, 5.74) is 0. The average molecular weight is 1150 g/mol. The normalized spacial score (nSPS) is 12.3. The number of carbonyl (C=O) groups is 3. The van der Waals surface area contributed by atoms with Gasteiger partial charge in [0.15, 0.2) is 6.10 Å². The first-order chi connectivity index (χ1) is 40.5. The molecule has 0 amide bonds. The van der Waals surface area contributed by atoms with E-state index in [2.05, 4.69) is 69.4 Å². The second-order valence-electron chi connectivity index (χ2n) is 24.8. The molecule has 82 heavy (non-hydrogen) atoms. The van der Waals surface area contributed by atoms with Crippen molar-refractivity contribution in [2.75, 3.05) is 13.2 Å². The maximum absolute atomic E-state index is 12.9. The zero-order valence-corrected chi connectivity index (χ0v) is 55.3. The smallest absolute Gasteiger partial charge is 0.306 e. The lowest BCUT2D eigenvalue weighted by molar-refractivity contribution is -0.167. The third kappa shape index (κ3) is 68.2. The van der Waals surface area contributed by atoms with Crippen LogP contribution in [0.5, 0.6) is 0 Å². The zero-order valence-electron chi connectivity index (χ0n) is 55.3. The largest absolute Gasteiger partial charge is 0.462 e. The van der Waals surface area contributed by atoms with Crippen molar-refractivity contribution >= 4 is 17.9 Å². The van der Waals surface area contributed by atoms with E-state index in [9.17, 15) is 14.4 Å². The summed E-state index contributed by atoms with van der Waals surface area (Å²) in [6.45, 7) is 6.62. The molecule has 0 fully saturated rings. The highest BCUT2D eigenvalue weighted by atomic mass is 16.6. The molecule has 0 bridgehead atoms. The molecule has 6 nitrogen and oxygen atoms in total. The van der Waals surface area contributed by atoms with Crippen molar-refractivity contribution in [3.05, 3.63) is 48.6 Å². The number of esters is 3. The lowest BCUT2D eigenvalue weighted by Gasteiger charge is -2.18. The van der Waals surface area contributed by atoms with Gasteiger partial charge in [-0.05, 0) is 96.3 Å². The second kappa shape index (κ2) is 70.9. The molecule has 0 saturated heterocycles. The molecule has 0 aliphatic heterocycles. The standard InChI is InChI=1S/C76H140O6/c1-4-7-10-13-16-19-22-24-26-28-30-32-33-34-35-36-37-38-39-40-41-42-43-45-46-48-50-52-54-57-60-63-66-69-75(78)81-72-73(71-80-74(77)68-65-62-59-56-21-18-15-12-9-6-3)82-76(79)70-67-64-61-58-55-53-51-49-47-44-31-29-27-25-23-20-17-14-11-8-5-2/h12,15,22,24,28-31,73H,4-11,13-14,16-21,23,25-27,32-72H2,1-3H3/b15-12-,24-22-,30-28-,31-29-. The van der Waals surface area contributed by atoms with E-state index in [0.717, 1.165) is 77.0 Å². The van der Waals surface area contributed by atoms with Gasteiger partial charge in [-0.2, -0.15) is 0 Å². The van der Waals surface area contributed by atoms with E-state index in [1.54, 1.807) is 0 Å². The minimum Gasteiger partial charge on any atom is -0.462 e. The van der Waals surface area contributed by atoms with Crippen molar-refractivity contribution in [2.45, 2.75) is 406 Å². The van der Waals surface area contributed by atoms with Gasteiger partial charge < -0.3 is 14.2 Å². The van der Waals surface area contributed by atoms with E-state index >= 15 is 0 Å². The highest BCUT2D eigenvalue weighted by Gasteiger charge is 2.19. The fourth-order valence-corrected chi connectivity index (χ4v) is 11.0. The molecule has 0 N–H and O–H groups in total. The van der Waals surface area contributed by atoms with Gasteiger partial charge in [0.1, 0.15) is 13.2 Å². The van der Waals surface area contributed by atoms with Gasteiger partial charge in [-0.15, -0.1) is 0 Å². The Hall–Kier alpha value is -2.63. The number of rotatable bonds is 68. The SMILES string of the molecule is CCC/C=C\CCCCCCCC(=O)OCC(COC(=O)CCCCCCCCCCCCCCCCCCCCCCC/C=C\C/C=C\CCCCCCC)OC(=O)CCCCCCCCCCC/C=C\CCCCCCCCCC. The molecule has 6 heteroatoms. The first kappa shape index (κ1) is 79.4. The van der Waals surface area contributed by atoms with Crippen molar-refractivity contribution in [3.8, 4) is 0 Å². The number of carbonyl (C=O) groups excluding carboxylic acids is 3. The number of hydrogen-bond acceptors (Lipinski definition) is 6. The fourth-order valence-electron chi connectivity index (χ4n) is 11.0. The summed E-state index contributed by atoms with van der Waals surface area (Å²) in [4.78, 5) is 38.3. The fraction of sp³-hybridized carbons (Fsp3) is 0.855.